The van der Waals surface area contributed by atoms with Crippen molar-refractivity contribution in [3.63, 3.8) is 0 Å². The van der Waals surface area contributed by atoms with Gasteiger partial charge in [0.05, 0.1) is 12.8 Å². The molecule has 0 aromatic carbocycles. The SMILES string of the molecule is CC(C)COC(=O)NC1=C(F)C=NC(O)N1. The highest BCUT2D eigenvalue weighted by molar-refractivity contribution is 5.79. The minimum atomic E-state index is -1.26. The highest BCUT2D eigenvalue weighted by Gasteiger charge is 2.17. The Morgan fingerprint density at radius 2 is 2.50 bits per heavy atom. The predicted octanol–water partition coefficient (Wildman–Crippen LogP) is 0.457. The molecule has 1 aliphatic heterocycles. The molecular weight excluding hydrogens is 217 g/mol. The quantitative estimate of drug-likeness (QED) is 0.658. The number of alkyl carbamates (subject to hydrolysis) is 1. The maximum absolute atomic E-state index is 13.1. The van der Waals surface area contributed by atoms with Crippen LogP contribution in [0.4, 0.5) is 9.18 Å². The minimum Gasteiger partial charge on any atom is -0.449 e. The van der Waals surface area contributed by atoms with Crippen molar-refractivity contribution in [2.75, 3.05) is 6.61 Å². The van der Waals surface area contributed by atoms with Gasteiger partial charge in [-0.05, 0) is 5.92 Å². The van der Waals surface area contributed by atoms with E-state index in [4.69, 9.17) is 9.84 Å². The first-order valence-corrected chi connectivity index (χ1v) is 4.80. The summed E-state index contributed by atoms with van der Waals surface area (Å²) in [5.74, 6) is -0.834. The number of aliphatic hydroxyl groups excluding tert-OH is 1. The highest BCUT2D eigenvalue weighted by Crippen LogP contribution is 2.05. The molecule has 1 heterocycles. The van der Waals surface area contributed by atoms with Gasteiger partial charge >= 0.3 is 6.09 Å². The third-order valence-corrected chi connectivity index (χ3v) is 1.62. The summed E-state index contributed by atoms with van der Waals surface area (Å²) in [5, 5.41) is 13.4. The van der Waals surface area contributed by atoms with Crippen LogP contribution in [-0.4, -0.2) is 30.4 Å². The molecule has 1 rings (SSSR count). The smallest absolute Gasteiger partial charge is 0.412 e. The van der Waals surface area contributed by atoms with Crippen LogP contribution < -0.4 is 10.6 Å². The Morgan fingerprint density at radius 1 is 1.81 bits per heavy atom. The average Bonchev–Trinajstić information content (AvgIpc) is 2.20. The fourth-order valence-electron chi connectivity index (χ4n) is 0.912. The van der Waals surface area contributed by atoms with Gasteiger partial charge < -0.3 is 15.2 Å². The molecule has 1 aliphatic rings. The monoisotopic (exact) mass is 231 g/mol. The number of halogens is 1. The van der Waals surface area contributed by atoms with E-state index in [-0.39, 0.29) is 18.3 Å². The van der Waals surface area contributed by atoms with E-state index < -0.39 is 18.3 Å². The highest BCUT2D eigenvalue weighted by atomic mass is 19.1. The predicted molar refractivity (Wildman–Crippen MR) is 55.1 cm³/mol. The molecule has 0 fully saturated rings. The van der Waals surface area contributed by atoms with E-state index in [0.29, 0.717) is 0 Å². The second-order valence-corrected chi connectivity index (χ2v) is 3.64. The number of carbonyl (C=O) groups excluding carboxylic acids is 1. The number of carbonyl (C=O) groups is 1. The van der Waals surface area contributed by atoms with Gasteiger partial charge in [0.15, 0.2) is 5.83 Å². The number of aliphatic hydroxyl groups is 1. The molecule has 0 saturated carbocycles. The fraction of sp³-hybridized carbons (Fsp3) is 0.556. The Bertz CT molecular complexity index is 328. The second-order valence-electron chi connectivity index (χ2n) is 3.64. The molecule has 90 valence electrons. The van der Waals surface area contributed by atoms with Crippen LogP contribution in [-0.2, 0) is 4.74 Å². The molecule has 1 unspecified atom stereocenters. The molecular formula is C9H14FN3O3. The van der Waals surface area contributed by atoms with Crippen LogP contribution >= 0.6 is 0 Å². The molecule has 6 nitrogen and oxygen atoms in total. The lowest BCUT2D eigenvalue weighted by molar-refractivity contribution is 0.128. The van der Waals surface area contributed by atoms with Gasteiger partial charge in [-0.15, -0.1) is 0 Å². The van der Waals surface area contributed by atoms with E-state index >= 15 is 0 Å². The van der Waals surface area contributed by atoms with Gasteiger partial charge in [-0.1, -0.05) is 13.8 Å². The van der Waals surface area contributed by atoms with E-state index in [0.717, 1.165) is 6.21 Å². The van der Waals surface area contributed by atoms with Crippen molar-refractivity contribution in [3.05, 3.63) is 11.6 Å². The number of hydrogen-bond acceptors (Lipinski definition) is 5. The van der Waals surface area contributed by atoms with Crippen LogP contribution in [0.15, 0.2) is 16.6 Å². The molecule has 0 spiro atoms. The van der Waals surface area contributed by atoms with Crippen molar-refractivity contribution in [1.82, 2.24) is 10.6 Å². The van der Waals surface area contributed by atoms with Crippen molar-refractivity contribution < 1.29 is 19.0 Å². The molecule has 3 N–H and O–H groups in total. The average molecular weight is 231 g/mol. The molecule has 0 aromatic heterocycles. The fourth-order valence-corrected chi connectivity index (χ4v) is 0.912. The Hall–Kier alpha value is -1.63. The van der Waals surface area contributed by atoms with E-state index in [1.165, 1.54) is 0 Å². The maximum Gasteiger partial charge on any atom is 0.412 e. The van der Waals surface area contributed by atoms with E-state index in [2.05, 4.69) is 15.6 Å². The minimum absolute atomic E-state index is 0.191. The van der Waals surface area contributed by atoms with Gasteiger partial charge in [0.2, 0.25) is 6.35 Å². The van der Waals surface area contributed by atoms with Crippen LogP contribution in [0.3, 0.4) is 0 Å². The van der Waals surface area contributed by atoms with Gasteiger partial charge in [-0.2, -0.15) is 0 Å². The summed E-state index contributed by atoms with van der Waals surface area (Å²) in [4.78, 5) is 14.5. The second kappa shape index (κ2) is 5.45. The standard InChI is InChI=1S/C9H14FN3O3/c1-5(2)4-16-9(15)13-7-6(10)3-11-8(14)12-7/h3,5,8,12,14H,4H2,1-2H3,(H,13,15). The molecule has 0 bridgehead atoms. The zero-order valence-electron chi connectivity index (χ0n) is 9.03. The Balaban J connectivity index is 2.47. The third-order valence-electron chi connectivity index (χ3n) is 1.62. The number of allylic oxidation sites excluding steroid dienone is 1. The largest absolute Gasteiger partial charge is 0.449 e. The Morgan fingerprint density at radius 3 is 3.12 bits per heavy atom. The first-order chi connectivity index (χ1) is 7.49. The van der Waals surface area contributed by atoms with Gasteiger partial charge in [-0.25, -0.2) is 14.2 Å². The van der Waals surface area contributed by atoms with Crippen molar-refractivity contribution >= 4 is 12.3 Å². The lowest BCUT2D eigenvalue weighted by Gasteiger charge is -2.18. The van der Waals surface area contributed by atoms with Crippen molar-refractivity contribution in [3.8, 4) is 0 Å². The molecule has 0 radical (unpaired) electrons. The number of amides is 1. The van der Waals surface area contributed by atoms with Gasteiger partial charge in [0.1, 0.15) is 5.82 Å². The van der Waals surface area contributed by atoms with E-state index in [9.17, 15) is 9.18 Å². The molecule has 0 aromatic rings. The van der Waals surface area contributed by atoms with Gasteiger partial charge in [0, 0.05) is 0 Å². The normalized spacial score (nSPS) is 19.7. The zero-order valence-corrected chi connectivity index (χ0v) is 9.03. The van der Waals surface area contributed by atoms with Gasteiger partial charge in [0.25, 0.3) is 0 Å². The molecule has 7 heteroatoms. The first kappa shape index (κ1) is 12.4. The first-order valence-electron chi connectivity index (χ1n) is 4.80. The number of rotatable bonds is 3. The molecule has 16 heavy (non-hydrogen) atoms. The summed E-state index contributed by atoms with van der Waals surface area (Å²) >= 11 is 0. The summed E-state index contributed by atoms with van der Waals surface area (Å²) in [7, 11) is 0. The van der Waals surface area contributed by atoms with Crippen molar-refractivity contribution in [1.29, 1.82) is 0 Å². The zero-order chi connectivity index (χ0) is 12.1. The van der Waals surface area contributed by atoms with Crippen LogP contribution in [0.25, 0.3) is 0 Å². The topological polar surface area (TPSA) is 83.0 Å². The van der Waals surface area contributed by atoms with E-state index in [1.54, 1.807) is 0 Å². The summed E-state index contributed by atoms with van der Waals surface area (Å²) < 4.78 is 17.8. The van der Waals surface area contributed by atoms with E-state index in [1.807, 2.05) is 13.8 Å². The summed E-state index contributed by atoms with van der Waals surface area (Å²) in [6, 6.07) is 0. The van der Waals surface area contributed by atoms with Crippen molar-refractivity contribution in [2.45, 2.75) is 20.2 Å². The number of aliphatic imine (C=N–C) groups is 1. The Kier molecular flexibility index (Phi) is 4.24. The lowest BCUT2D eigenvalue weighted by Crippen LogP contribution is -2.40. The lowest BCUT2D eigenvalue weighted by atomic mass is 10.2. The van der Waals surface area contributed by atoms with Crippen molar-refractivity contribution in [2.24, 2.45) is 10.9 Å². The number of nitrogens with one attached hydrogen (secondary N) is 2. The number of hydrogen-bond donors (Lipinski definition) is 3. The number of ether oxygens (including phenoxy) is 1. The molecule has 0 saturated heterocycles. The summed E-state index contributed by atoms with van der Waals surface area (Å²) in [6.07, 6.45) is -1.23. The summed E-state index contributed by atoms with van der Waals surface area (Å²) in [6.45, 7) is 3.99. The maximum atomic E-state index is 13.1. The molecule has 0 aliphatic carbocycles. The summed E-state index contributed by atoms with van der Waals surface area (Å²) in [5.41, 5.74) is 0. The van der Waals surface area contributed by atoms with Crippen LogP contribution in [0, 0.1) is 5.92 Å². The van der Waals surface area contributed by atoms with Gasteiger partial charge in [-0.3, -0.25) is 5.32 Å². The van der Waals surface area contributed by atoms with Crippen LogP contribution in [0.1, 0.15) is 13.8 Å². The Labute approximate surface area is 92.2 Å². The number of nitrogens with zero attached hydrogens (tertiary/aromatic N) is 1. The molecule has 1 atom stereocenters. The third kappa shape index (κ3) is 3.85. The molecule has 1 amide bonds. The van der Waals surface area contributed by atoms with Crippen LogP contribution in [0.2, 0.25) is 0 Å². The van der Waals surface area contributed by atoms with Crippen LogP contribution in [0.5, 0.6) is 0 Å².